The smallest absolute Gasteiger partial charge is 0.340 e. The minimum absolute atomic E-state index is 0.0145. The maximum atomic E-state index is 13.0. The van der Waals surface area contributed by atoms with Crippen LogP contribution in [-0.2, 0) is 22.6 Å². The number of rotatable bonds is 9. The van der Waals surface area contributed by atoms with Gasteiger partial charge in [-0.1, -0.05) is 17.7 Å². The van der Waals surface area contributed by atoms with Crippen LogP contribution in [0, 0.1) is 6.92 Å². The SMILES string of the molecule is COc1ccc(C)cc1COC(=O)c1cc(OC)c(OC)cc1NC(=O)Cc1cccs1. The van der Waals surface area contributed by atoms with Crippen molar-refractivity contribution >= 4 is 28.9 Å². The average Bonchev–Trinajstić information content (AvgIpc) is 3.30. The number of carbonyl (C=O) groups is 2. The van der Waals surface area contributed by atoms with Gasteiger partial charge in [-0.15, -0.1) is 11.3 Å². The highest BCUT2D eigenvalue weighted by molar-refractivity contribution is 7.10. The number of carbonyl (C=O) groups excluding carboxylic acids is 2. The zero-order chi connectivity index (χ0) is 23.1. The molecular formula is C24H25NO6S. The van der Waals surface area contributed by atoms with Crippen LogP contribution in [0.4, 0.5) is 5.69 Å². The summed E-state index contributed by atoms with van der Waals surface area (Å²) in [4.78, 5) is 26.5. The molecule has 0 saturated carbocycles. The fourth-order valence-electron chi connectivity index (χ4n) is 3.16. The van der Waals surface area contributed by atoms with Gasteiger partial charge in [0.25, 0.3) is 0 Å². The number of anilines is 1. The zero-order valence-electron chi connectivity index (χ0n) is 18.4. The lowest BCUT2D eigenvalue weighted by Gasteiger charge is -2.16. The van der Waals surface area contributed by atoms with Crippen LogP contribution in [0.25, 0.3) is 0 Å². The van der Waals surface area contributed by atoms with Gasteiger partial charge >= 0.3 is 5.97 Å². The van der Waals surface area contributed by atoms with E-state index in [2.05, 4.69) is 5.32 Å². The molecule has 0 spiro atoms. The van der Waals surface area contributed by atoms with E-state index in [0.29, 0.717) is 17.2 Å². The summed E-state index contributed by atoms with van der Waals surface area (Å²) < 4.78 is 21.5. The number of hydrogen-bond acceptors (Lipinski definition) is 7. The van der Waals surface area contributed by atoms with E-state index in [1.54, 1.807) is 13.2 Å². The zero-order valence-corrected chi connectivity index (χ0v) is 19.2. The Balaban J connectivity index is 1.85. The van der Waals surface area contributed by atoms with Crippen molar-refractivity contribution in [2.45, 2.75) is 20.0 Å². The van der Waals surface area contributed by atoms with Gasteiger partial charge in [0, 0.05) is 22.6 Å². The molecule has 3 aromatic rings. The molecule has 8 heteroatoms. The molecule has 1 aromatic heterocycles. The molecule has 0 bridgehead atoms. The summed E-state index contributed by atoms with van der Waals surface area (Å²) in [5.74, 6) is 0.495. The highest BCUT2D eigenvalue weighted by Gasteiger charge is 2.20. The van der Waals surface area contributed by atoms with E-state index in [9.17, 15) is 9.59 Å². The number of nitrogens with one attached hydrogen (secondary N) is 1. The summed E-state index contributed by atoms with van der Waals surface area (Å²) in [6.45, 7) is 1.96. The second-order valence-electron chi connectivity index (χ2n) is 6.95. The lowest BCUT2D eigenvalue weighted by Crippen LogP contribution is -2.17. The lowest BCUT2D eigenvalue weighted by atomic mass is 10.1. The quantitative estimate of drug-likeness (QED) is 0.474. The molecule has 1 amide bonds. The van der Waals surface area contributed by atoms with Gasteiger partial charge in [0.1, 0.15) is 12.4 Å². The van der Waals surface area contributed by atoms with Crippen LogP contribution >= 0.6 is 11.3 Å². The van der Waals surface area contributed by atoms with Gasteiger partial charge in [-0.2, -0.15) is 0 Å². The molecule has 1 N–H and O–H groups in total. The van der Waals surface area contributed by atoms with Crippen molar-refractivity contribution in [3.05, 3.63) is 69.4 Å². The fourth-order valence-corrected chi connectivity index (χ4v) is 3.86. The number of esters is 1. The molecule has 7 nitrogen and oxygen atoms in total. The molecule has 0 aliphatic heterocycles. The summed E-state index contributed by atoms with van der Waals surface area (Å²) in [6, 6.07) is 12.4. The third-order valence-corrected chi connectivity index (χ3v) is 5.60. The van der Waals surface area contributed by atoms with Crippen LogP contribution in [0.5, 0.6) is 17.2 Å². The lowest BCUT2D eigenvalue weighted by molar-refractivity contribution is -0.115. The first-order chi connectivity index (χ1) is 15.4. The standard InChI is InChI=1S/C24H25NO6S/c1-15-7-8-20(28-2)16(10-15)14-31-24(27)18-12-21(29-3)22(30-4)13-19(18)25-23(26)11-17-6-5-9-32-17/h5-10,12-13H,11,14H2,1-4H3,(H,25,26). The van der Waals surface area contributed by atoms with Crippen LogP contribution in [0.1, 0.15) is 26.4 Å². The minimum Gasteiger partial charge on any atom is -0.496 e. The van der Waals surface area contributed by atoms with E-state index in [4.69, 9.17) is 18.9 Å². The third kappa shape index (κ3) is 5.59. The Kier molecular flexibility index (Phi) is 7.72. The molecule has 0 unspecified atom stereocenters. The number of thiophene rings is 1. The predicted molar refractivity (Wildman–Crippen MR) is 123 cm³/mol. The number of benzene rings is 2. The molecule has 0 saturated heterocycles. The van der Waals surface area contributed by atoms with Crippen LogP contribution in [-0.4, -0.2) is 33.2 Å². The fraction of sp³-hybridized carbons (Fsp3) is 0.250. The van der Waals surface area contributed by atoms with E-state index < -0.39 is 5.97 Å². The molecule has 0 aliphatic rings. The average molecular weight is 456 g/mol. The van der Waals surface area contributed by atoms with E-state index in [0.717, 1.165) is 16.0 Å². The summed E-state index contributed by atoms with van der Waals surface area (Å²) in [5.41, 5.74) is 2.20. The normalized spacial score (nSPS) is 10.4. The Labute approximate surface area is 190 Å². The summed E-state index contributed by atoms with van der Waals surface area (Å²) in [7, 11) is 4.52. The van der Waals surface area contributed by atoms with Crippen LogP contribution in [0.2, 0.25) is 0 Å². The van der Waals surface area contributed by atoms with Crippen LogP contribution in [0.3, 0.4) is 0 Å². The monoisotopic (exact) mass is 455 g/mol. The number of amides is 1. The molecule has 0 radical (unpaired) electrons. The number of hydrogen-bond donors (Lipinski definition) is 1. The first-order valence-electron chi connectivity index (χ1n) is 9.84. The van der Waals surface area contributed by atoms with Crippen molar-refractivity contribution in [1.29, 1.82) is 0 Å². The predicted octanol–water partition coefficient (Wildman–Crippen LogP) is 4.62. The summed E-state index contributed by atoms with van der Waals surface area (Å²) >= 11 is 1.49. The first-order valence-corrected chi connectivity index (χ1v) is 10.7. The number of ether oxygens (including phenoxy) is 4. The van der Waals surface area contributed by atoms with Crippen molar-refractivity contribution in [1.82, 2.24) is 0 Å². The Morgan fingerprint density at radius 1 is 0.938 bits per heavy atom. The van der Waals surface area contributed by atoms with Gasteiger partial charge in [0.2, 0.25) is 5.91 Å². The van der Waals surface area contributed by atoms with Gasteiger partial charge in [0.05, 0.1) is 39.0 Å². The Hall–Kier alpha value is -3.52. The molecule has 168 valence electrons. The first kappa shape index (κ1) is 23.1. The van der Waals surface area contributed by atoms with Crippen molar-refractivity contribution in [2.75, 3.05) is 26.6 Å². The molecule has 3 rings (SSSR count). The molecule has 2 aromatic carbocycles. The van der Waals surface area contributed by atoms with Gasteiger partial charge in [-0.05, 0) is 30.5 Å². The highest BCUT2D eigenvalue weighted by Crippen LogP contribution is 2.34. The molecule has 1 heterocycles. The molecule has 0 atom stereocenters. The van der Waals surface area contributed by atoms with Crippen molar-refractivity contribution in [2.24, 2.45) is 0 Å². The largest absolute Gasteiger partial charge is 0.496 e. The minimum atomic E-state index is -0.610. The second kappa shape index (κ2) is 10.7. The maximum absolute atomic E-state index is 13.0. The van der Waals surface area contributed by atoms with Crippen LogP contribution < -0.4 is 19.5 Å². The third-order valence-electron chi connectivity index (χ3n) is 4.73. The Morgan fingerprint density at radius 3 is 2.31 bits per heavy atom. The van der Waals surface area contributed by atoms with Crippen molar-refractivity contribution in [3.63, 3.8) is 0 Å². The van der Waals surface area contributed by atoms with E-state index in [1.807, 2.05) is 42.6 Å². The van der Waals surface area contributed by atoms with Gasteiger partial charge < -0.3 is 24.3 Å². The Morgan fingerprint density at radius 2 is 1.66 bits per heavy atom. The summed E-state index contributed by atoms with van der Waals surface area (Å²) in [5, 5.41) is 4.70. The second-order valence-corrected chi connectivity index (χ2v) is 7.98. The maximum Gasteiger partial charge on any atom is 0.340 e. The van der Waals surface area contributed by atoms with E-state index >= 15 is 0 Å². The Bertz CT molecular complexity index is 1090. The number of methoxy groups -OCH3 is 3. The van der Waals surface area contributed by atoms with E-state index in [1.165, 1.54) is 31.6 Å². The molecule has 0 aliphatic carbocycles. The highest BCUT2D eigenvalue weighted by atomic mass is 32.1. The van der Waals surface area contributed by atoms with Gasteiger partial charge in [0.15, 0.2) is 11.5 Å². The van der Waals surface area contributed by atoms with Gasteiger partial charge in [-0.3, -0.25) is 4.79 Å². The van der Waals surface area contributed by atoms with Gasteiger partial charge in [-0.25, -0.2) is 4.79 Å². The topological polar surface area (TPSA) is 83.1 Å². The van der Waals surface area contributed by atoms with Crippen molar-refractivity contribution < 1.29 is 28.5 Å². The van der Waals surface area contributed by atoms with Crippen molar-refractivity contribution in [3.8, 4) is 17.2 Å². The molecular weight excluding hydrogens is 430 g/mol. The van der Waals surface area contributed by atoms with Crippen LogP contribution in [0.15, 0.2) is 47.8 Å². The molecule has 32 heavy (non-hydrogen) atoms. The summed E-state index contributed by atoms with van der Waals surface area (Å²) in [6.07, 6.45) is 0.195. The molecule has 0 fully saturated rings. The van der Waals surface area contributed by atoms with E-state index in [-0.39, 0.29) is 30.2 Å². The number of aryl methyl sites for hydroxylation is 1.